The highest BCUT2D eigenvalue weighted by Gasteiger charge is 2.22. The normalized spacial score (nSPS) is 18.3. The lowest BCUT2D eigenvalue weighted by Crippen LogP contribution is -2.36. The number of hydrogen-bond donors (Lipinski definition) is 4. The van der Waals surface area contributed by atoms with Crippen LogP contribution in [-0.2, 0) is 0 Å². The van der Waals surface area contributed by atoms with Crippen molar-refractivity contribution in [3.63, 3.8) is 0 Å². The molecule has 1 unspecified atom stereocenters. The number of anilines is 2. The van der Waals surface area contributed by atoms with Gasteiger partial charge in [-0.05, 0) is 50.3 Å². The van der Waals surface area contributed by atoms with Gasteiger partial charge in [0.1, 0.15) is 5.69 Å². The van der Waals surface area contributed by atoms with E-state index in [-0.39, 0.29) is 5.91 Å². The number of hydrazine groups is 2. The number of benzene rings is 2. The van der Waals surface area contributed by atoms with Crippen LogP contribution in [0.1, 0.15) is 28.5 Å². The Morgan fingerprint density at radius 2 is 2.00 bits per heavy atom. The Kier molecular flexibility index (Phi) is 5.01. The number of para-hydroxylation sites is 1. The first-order chi connectivity index (χ1) is 16.6. The summed E-state index contributed by atoms with van der Waals surface area (Å²) in [7, 11) is 2.11. The molecule has 4 heterocycles. The van der Waals surface area contributed by atoms with Gasteiger partial charge in [-0.2, -0.15) is 10.2 Å². The van der Waals surface area contributed by atoms with Crippen LogP contribution in [0.4, 0.5) is 11.4 Å². The number of likely N-dealkylation sites (N-methyl/N-ethyl adjacent to an activating group) is 1. The van der Waals surface area contributed by atoms with Crippen LogP contribution in [-0.4, -0.2) is 50.9 Å². The summed E-state index contributed by atoms with van der Waals surface area (Å²) in [6.45, 7) is 2.04. The average molecular weight is 456 g/mol. The summed E-state index contributed by atoms with van der Waals surface area (Å²) in [5.41, 5.74) is 11.1. The largest absolute Gasteiger partial charge is 0.319 e. The first-order valence-electron chi connectivity index (χ1n) is 11.2. The van der Waals surface area contributed by atoms with Crippen molar-refractivity contribution >= 4 is 33.9 Å². The third kappa shape index (κ3) is 3.78. The van der Waals surface area contributed by atoms with E-state index in [1.54, 1.807) is 18.3 Å². The molecule has 4 N–H and O–H groups in total. The molecule has 6 rings (SSSR count). The van der Waals surface area contributed by atoms with Crippen LogP contribution in [0, 0.1) is 0 Å². The maximum absolute atomic E-state index is 12.7. The molecule has 172 valence electrons. The number of fused-ring (bicyclic) bond motifs is 1. The summed E-state index contributed by atoms with van der Waals surface area (Å²) in [6.07, 6.45) is 6.61. The summed E-state index contributed by atoms with van der Waals surface area (Å²) >= 11 is 0. The second-order valence-electron chi connectivity index (χ2n) is 8.68. The smallest absolute Gasteiger partial charge is 0.255 e. The molecule has 0 saturated carbocycles. The van der Waals surface area contributed by atoms with Crippen LogP contribution < -0.4 is 21.3 Å². The van der Waals surface area contributed by atoms with E-state index in [4.69, 9.17) is 0 Å². The standard InChI is InChI=1S/C24H25N9O/c1-31-11-10-19(14-31)32-13-17(12-25-32)26-24(34)16-6-8-18(9-7-16)33-15-22(28-30-33)23-20-4-2-3-5-21(20)27-29-23/h2-9,12-13,15,19,28,30H,10-11,14H2,1H3,(H,26,34)(H,27,29). The van der Waals surface area contributed by atoms with Crippen molar-refractivity contribution in [3.8, 4) is 0 Å². The number of aromatic amines is 1. The molecule has 1 saturated heterocycles. The molecule has 4 aromatic rings. The van der Waals surface area contributed by atoms with Crippen molar-refractivity contribution in [1.82, 2.24) is 35.8 Å². The van der Waals surface area contributed by atoms with Crippen LogP contribution in [0.25, 0.3) is 16.6 Å². The number of rotatable bonds is 5. The van der Waals surface area contributed by atoms with Crippen LogP contribution in [0.2, 0.25) is 0 Å². The van der Waals surface area contributed by atoms with Crippen molar-refractivity contribution in [3.05, 3.63) is 78.4 Å². The molecule has 1 atom stereocenters. The number of carbonyl (C=O) groups excluding carboxylic acids is 1. The fourth-order valence-electron chi connectivity index (χ4n) is 4.45. The highest BCUT2D eigenvalue weighted by molar-refractivity contribution is 6.04. The first kappa shape index (κ1) is 20.5. The Morgan fingerprint density at radius 3 is 2.82 bits per heavy atom. The minimum atomic E-state index is -0.165. The van der Waals surface area contributed by atoms with E-state index < -0.39 is 0 Å². The van der Waals surface area contributed by atoms with Gasteiger partial charge in [0.25, 0.3) is 5.91 Å². The summed E-state index contributed by atoms with van der Waals surface area (Å²) in [4.78, 5) is 15.0. The number of likely N-dealkylation sites (tertiary alicyclic amines) is 1. The number of nitrogens with zero attached hydrogens (tertiary/aromatic N) is 5. The lowest BCUT2D eigenvalue weighted by Gasteiger charge is -2.15. The molecular weight excluding hydrogens is 430 g/mol. The van der Waals surface area contributed by atoms with Crippen molar-refractivity contribution in [2.75, 3.05) is 30.5 Å². The highest BCUT2D eigenvalue weighted by atomic mass is 16.1. The Morgan fingerprint density at radius 1 is 1.15 bits per heavy atom. The Balaban J connectivity index is 1.13. The molecule has 10 nitrogen and oxygen atoms in total. The first-order valence-corrected chi connectivity index (χ1v) is 11.2. The Labute approximate surface area is 196 Å². The molecule has 34 heavy (non-hydrogen) atoms. The Bertz CT molecular complexity index is 1370. The van der Waals surface area contributed by atoms with E-state index in [2.05, 4.69) is 43.5 Å². The Hall–Kier alpha value is -4.15. The highest BCUT2D eigenvalue weighted by Crippen LogP contribution is 2.25. The van der Waals surface area contributed by atoms with Crippen LogP contribution in [0.5, 0.6) is 0 Å². The molecule has 0 bridgehead atoms. The van der Waals surface area contributed by atoms with E-state index in [0.29, 0.717) is 17.3 Å². The van der Waals surface area contributed by atoms with Gasteiger partial charge in [-0.3, -0.25) is 25.0 Å². The van der Waals surface area contributed by atoms with Gasteiger partial charge in [-0.15, -0.1) is 5.53 Å². The second-order valence-corrected chi connectivity index (χ2v) is 8.68. The number of carbonyl (C=O) groups is 1. The predicted molar refractivity (Wildman–Crippen MR) is 131 cm³/mol. The van der Waals surface area contributed by atoms with E-state index in [0.717, 1.165) is 47.5 Å². The monoisotopic (exact) mass is 455 g/mol. The lowest BCUT2D eigenvalue weighted by atomic mass is 10.1. The number of nitrogens with one attached hydrogen (secondary N) is 4. The molecular formula is C24H25N9O. The minimum absolute atomic E-state index is 0.165. The fraction of sp³-hybridized carbons (Fsp3) is 0.208. The minimum Gasteiger partial charge on any atom is -0.319 e. The SMILES string of the molecule is CN1CCC(n2cc(NC(=O)c3ccc(N4C=C(c5n[nH]c6ccccc56)NN4)cc3)cn2)C1. The third-order valence-corrected chi connectivity index (χ3v) is 6.30. The van der Waals surface area contributed by atoms with E-state index in [9.17, 15) is 4.79 Å². The number of aromatic nitrogens is 4. The summed E-state index contributed by atoms with van der Waals surface area (Å²) in [5.74, 6) is -0.165. The van der Waals surface area contributed by atoms with Crippen molar-refractivity contribution < 1.29 is 4.79 Å². The molecule has 2 aliphatic heterocycles. The molecule has 0 spiro atoms. The zero-order valence-corrected chi connectivity index (χ0v) is 18.7. The van der Waals surface area contributed by atoms with Crippen LogP contribution in [0.3, 0.4) is 0 Å². The molecule has 2 aromatic carbocycles. The van der Waals surface area contributed by atoms with Gasteiger partial charge in [0.05, 0.1) is 41.0 Å². The third-order valence-electron chi connectivity index (χ3n) is 6.30. The van der Waals surface area contributed by atoms with Crippen molar-refractivity contribution in [1.29, 1.82) is 0 Å². The van der Waals surface area contributed by atoms with Gasteiger partial charge >= 0.3 is 0 Å². The summed E-state index contributed by atoms with van der Waals surface area (Å²) < 4.78 is 1.95. The number of H-pyrrole nitrogens is 1. The summed E-state index contributed by atoms with van der Waals surface area (Å²) in [6, 6.07) is 15.7. The second kappa shape index (κ2) is 8.32. The summed E-state index contributed by atoms with van der Waals surface area (Å²) in [5, 5.41) is 17.7. The van der Waals surface area contributed by atoms with Crippen molar-refractivity contribution in [2.24, 2.45) is 0 Å². The maximum Gasteiger partial charge on any atom is 0.255 e. The fourth-order valence-corrected chi connectivity index (χ4v) is 4.45. The lowest BCUT2D eigenvalue weighted by molar-refractivity contribution is 0.102. The van der Waals surface area contributed by atoms with Gasteiger partial charge < -0.3 is 10.2 Å². The molecule has 2 aliphatic rings. The zero-order valence-electron chi connectivity index (χ0n) is 18.7. The molecule has 0 aliphatic carbocycles. The molecule has 1 fully saturated rings. The van der Waals surface area contributed by atoms with Gasteiger partial charge in [-0.1, -0.05) is 18.2 Å². The quantitative estimate of drug-likeness (QED) is 0.367. The van der Waals surface area contributed by atoms with Crippen LogP contribution in [0.15, 0.2) is 67.1 Å². The van der Waals surface area contributed by atoms with E-state index >= 15 is 0 Å². The topological polar surface area (TPSA) is 106 Å². The number of hydrogen-bond acceptors (Lipinski definition) is 7. The maximum atomic E-state index is 12.7. The predicted octanol–water partition coefficient (Wildman–Crippen LogP) is 2.72. The van der Waals surface area contributed by atoms with Gasteiger partial charge in [0, 0.05) is 23.7 Å². The molecule has 10 heteroatoms. The molecule has 2 aromatic heterocycles. The van der Waals surface area contributed by atoms with Crippen molar-refractivity contribution in [2.45, 2.75) is 12.5 Å². The zero-order chi connectivity index (χ0) is 23.1. The molecule has 0 radical (unpaired) electrons. The van der Waals surface area contributed by atoms with E-state index in [1.807, 2.05) is 58.5 Å². The van der Waals surface area contributed by atoms with Gasteiger partial charge in [0.2, 0.25) is 0 Å². The van der Waals surface area contributed by atoms with Gasteiger partial charge in [-0.25, -0.2) is 0 Å². The number of amides is 1. The molecule has 1 amide bonds. The van der Waals surface area contributed by atoms with Crippen LogP contribution >= 0.6 is 0 Å². The van der Waals surface area contributed by atoms with E-state index in [1.165, 1.54) is 0 Å². The van der Waals surface area contributed by atoms with Gasteiger partial charge in [0.15, 0.2) is 0 Å². The average Bonchev–Trinajstić information content (AvgIpc) is 3.65.